The summed E-state index contributed by atoms with van der Waals surface area (Å²) in [7, 11) is 0. The van der Waals surface area contributed by atoms with Gasteiger partial charge in [-0.05, 0) is 23.8 Å². The fourth-order valence-corrected chi connectivity index (χ4v) is 1.68. The van der Waals surface area contributed by atoms with Gasteiger partial charge >= 0.3 is 5.97 Å². The Balaban J connectivity index is 2.04. The van der Waals surface area contributed by atoms with E-state index in [9.17, 15) is 9.59 Å². The third-order valence-corrected chi connectivity index (χ3v) is 2.63. The normalized spacial score (nSPS) is 10.4. The molecule has 0 saturated carbocycles. The molecule has 0 bridgehead atoms. The smallest absolute Gasteiger partial charge is 0.308 e. The van der Waals surface area contributed by atoms with Crippen LogP contribution in [0.2, 0.25) is 0 Å². The lowest BCUT2D eigenvalue weighted by Crippen LogP contribution is -2.00. The molecule has 100 valence electrons. The number of allylic oxidation sites excluding steroid dienone is 1. The van der Waals surface area contributed by atoms with Crippen molar-refractivity contribution in [2.24, 2.45) is 0 Å². The lowest BCUT2D eigenvalue weighted by atomic mass is 10.1. The number of rotatable bonds is 4. The van der Waals surface area contributed by atoms with Crippen molar-refractivity contribution in [1.29, 1.82) is 0 Å². The quantitative estimate of drug-likeness (QED) is 0.368. The SMILES string of the molecule is CC(=O)Oc1ccc(/C=C/C(=O)c2ccccc2)cc1. The highest BCUT2D eigenvalue weighted by Gasteiger charge is 2.00. The second kappa shape index (κ2) is 6.48. The van der Waals surface area contributed by atoms with Crippen molar-refractivity contribution in [3.05, 3.63) is 71.8 Å². The highest BCUT2D eigenvalue weighted by atomic mass is 16.5. The van der Waals surface area contributed by atoms with E-state index >= 15 is 0 Å². The third kappa shape index (κ3) is 3.92. The maximum Gasteiger partial charge on any atom is 0.308 e. The lowest BCUT2D eigenvalue weighted by Gasteiger charge is -2.00. The van der Waals surface area contributed by atoms with Crippen LogP contribution in [0.4, 0.5) is 0 Å². The predicted octanol–water partition coefficient (Wildman–Crippen LogP) is 3.51. The van der Waals surface area contributed by atoms with E-state index in [0.717, 1.165) is 5.56 Å². The van der Waals surface area contributed by atoms with Crippen molar-refractivity contribution in [3.63, 3.8) is 0 Å². The molecule has 0 spiro atoms. The number of ketones is 1. The lowest BCUT2D eigenvalue weighted by molar-refractivity contribution is -0.131. The number of hydrogen-bond donors (Lipinski definition) is 0. The zero-order valence-corrected chi connectivity index (χ0v) is 11.1. The molecule has 0 atom stereocenters. The molecule has 2 aromatic carbocycles. The molecule has 0 fully saturated rings. The largest absolute Gasteiger partial charge is 0.427 e. The Morgan fingerprint density at radius 2 is 1.60 bits per heavy atom. The second-order valence-corrected chi connectivity index (χ2v) is 4.23. The Labute approximate surface area is 117 Å². The number of benzene rings is 2. The summed E-state index contributed by atoms with van der Waals surface area (Å²) < 4.78 is 4.93. The highest BCUT2D eigenvalue weighted by molar-refractivity contribution is 6.06. The standard InChI is InChI=1S/C17H14O3/c1-13(18)20-16-10-7-14(8-11-16)9-12-17(19)15-5-3-2-4-6-15/h2-12H,1H3/b12-9+. The Bertz CT molecular complexity index is 625. The monoisotopic (exact) mass is 266 g/mol. The molecular formula is C17H14O3. The number of esters is 1. The average Bonchev–Trinajstić information content (AvgIpc) is 2.46. The summed E-state index contributed by atoms with van der Waals surface area (Å²) in [5.41, 5.74) is 1.52. The van der Waals surface area contributed by atoms with Gasteiger partial charge in [0.15, 0.2) is 5.78 Å². The molecule has 0 unspecified atom stereocenters. The zero-order chi connectivity index (χ0) is 14.4. The minimum atomic E-state index is -0.354. The number of carbonyl (C=O) groups excluding carboxylic acids is 2. The fourth-order valence-electron chi connectivity index (χ4n) is 1.68. The van der Waals surface area contributed by atoms with Crippen molar-refractivity contribution in [2.45, 2.75) is 6.92 Å². The summed E-state index contributed by atoms with van der Waals surface area (Å²) in [5.74, 6) is 0.0891. The van der Waals surface area contributed by atoms with E-state index < -0.39 is 0 Å². The van der Waals surface area contributed by atoms with Gasteiger partial charge in [-0.3, -0.25) is 9.59 Å². The molecule has 0 N–H and O–H groups in total. The Morgan fingerprint density at radius 3 is 2.20 bits per heavy atom. The topological polar surface area (TPSA) is 43.4 Å². The van der Waals surface area contributed by atoms with Crippen LogP contribution in [-0.2, 0) is 4.79 Å². The molecular weight excluding hydrogens is 252 g/mol. The maximum absolute atomic E-state index is 11.9. The van der Waals surface area contributed by atoms with Gasteiger partial charge in [0.25, 0.3) is 0 Å². The van der Waals surface area contributed by atoms with E-state index in [1.807, 2.05) is 18.2 Å². The van der Waals surface area contributed by atoms with Gasteiger partial charge in [0.1, 0.15) is 5.75 Å². The predicted molar refractivity (Wildman–Crippen MR) is 77.6 cm³/mol. The van der Waals surface area contributed by atoms with Crippen molar-refractivity contribution in [3.8, 4) is 5.75 Å². The summed E-state index contributed by atoms with van der Waals surface area (Å²) in [6.45, 7) is 1.35. The molecule has 3 nitrogen and oxygen atoms in total. The minimum absolute atomic E-state index is 0.0466. The molecule has 3 heteroatoms. The Morgan fingerprint density at radius 1 is 0.950 bits per heavy atom. The average molecular weight is 266 g/mol. The van der Waals surface area contributed by atoms with Gasteiger partial charge in [0.2, 0.25) is 0 Å². The van der Waals surface area contributed by atoms with Crippen LogP contribution in [0.15, 0.2) is 60.7 Å². The molecule has 0 aliphatic carbocycles. The van der Waals surface area contributed by atoms with Crippen molar-refractivity contribution < 1.29 is 14.3 Å². The molecule has 0 aromatic heterocycles. The van der Waals surface area contributed by atoms with Crippen molar-refractivity contribution in [1.82, 2.24) is 0 Å². The van der Waals surface area contributed by atoms with Gasteiger partial charge in [-0.2, -0.15) is 0 Å². The second-order valence-electron chi connectivity index (χ2n) is 4.23. The first-order chi connectivity index (χ1) is 9.65. The first kappa shape index (κ1) is 13.7. The van der Waals surface area contributed by atoms with Crippen LogP contribution in [0, 0.1) is 0 Å². The molecule has 2 aromatic rings. The summed E-state index contributed by atoms with van der Waals surface area (Å²) in [4.78, 5) is 22.7. The van der Waals surface area contributed by atoms with E-state index in [0.29, 0.717) is 11.3 Å². The van der Waals surface area contributed by atoms with Crippen molar-refractivity contribution >= 4 is 17.8 Å². The molecule has 0 amide bonds. The molecule has 0 heterocycles. The molecule has 2 rings (SSSR count). The van der Waals surface area contributed by atoms with E-state index in [1.165, 1.54) is 13.0 Å². The van der Waals surface area contributed by atoms with Crippen LogP contribution in [-0.4, -0.2) is 11.8 Å². The summed E-state index contributed by atoms with van der Waals surface area (Å²) in [6.07, 6.45) is 3.25. The molecule has 0 radical (unpaired) electrons. The van der Waals surface area contributed by atoms with Crippen LogP contribution >= 0.6 is 0 Å². The van der Waals surface area contributed by atoms with Crippen LogP contribution in [0.3, 0.4) is 0 Å². The zero-order valence-electron chi connectivity index (χ0n) is 11.1. The molecule has 0 saturated heterocycles. The number of carbonyl (C=O) groups is 2. The summed E-state index contributed by atoms with van der Waals surface area (Å²) in [5, 5.41) is 0. The first-order valence-corrected chi connectivity index (χ1v) is 6.21. The van der Waals surface area contributed by atoms with E-state index in [-0.39, 0.29) is 11.8 Å². The van der Waals surface area contributed by atoms with Crippen LogP contribution in [0.5, 0.6) is 5.75 Å². The van der Waals surface area contributed by atoms with E-state index in [1.54, 1.807) is 42.5 Å². The van der Waals surface area contributed by atoms with Gasteiger partial charge in [0, 0.05) is 12.5 Å². The molecule has 20 heavy (non-hydrogen) atoms. The fraction of sp³-hybridized carbons (Fsp3) is 0.0588. The summed E-state index contributed by atoms with van der Waals surface area (Å²) in [6, 6.07) is 16.0. The maximum atomic E-state index is 11.9. The number of hydrogen-bond acceptors (Lipinski definition) is 3. The van der Waals surface area contributed by atoms with Gasteiger partial charge in [-0.25, -0.2) is 0 Å². The van der Waals surface area contributed by atoms with Crippen molar-refractivity contribution in [2.75, 3.05) is 0 Å². The molecule has 0 aliphatic rings. The minimum Gasteiger partial charge on any atom is -0.427 e. The van der Waals surface area contributed by atoms with E-state index in [4.69, 9.17) is 4.74 Å². The first-order valence-electron chi connectivity index (χ1n) is 6.21. The van der Waals surface area contributed by atoms with Crippen LogP contribution in [0.1, 0.15) is 22.8 Å². The highest BCUT2D eigenvalue weighted by Crippen LogP contribution is 2.13. The van der Waals surface area contributed by atoms with Gasteiger partial charge in [-0.1, -0.05) is 48.5 Å². The third-order valence-electron chi connectivity index (χ3n) is 2.63. The van der Waals surface area contributed by atoms with Gasteiger partial charge < -0.3 is 4.74 Å². The van der Waals surface area contributed by atoms with Gasteiger partial charge in [0.05, 0.1) is 0 Å². The van der Waals surface area contributed by atoms with Gasteiger partial charge in [-0.15, -0.1) is 0 Å². The Kier molecular flexibility index (Phi) is 4.45. The van der Waals surface area contributed by atoms with Crippen LogP contribution in [0.25, 0.3) is 6.08 Å². The molecule has 0 aliphatic heterocycles. The summed E-state index contributed by atoms with van der Waals surface area (Å²) >= 11 is 0. The Hall–Kier alpha value is -2.68. The van der Waals surface area contributed by atoms with Crippen LogP contribution < -0.4 is 4.74 Å². The number of ether oxygens (including phenoxy) is 1. The van der Waals surface area contributed by atoms with E-state index in [2.05, 4.69) is 0 Å².